The summed E-state index contributed by atoms with van der Waals surface area (Å²) in [7, 11) is 0. The standard InChI is InChI=1S/C6H6O4.Ga.3H/c7-2-4-1-5(8)6(9)3-10-4;;;;/h1,3,7,9H,2H2;;;;. The average molecular weight is 215 g/mol. The van der Waals surface area contributed by atoms with E-state index in [1.54, 1.807) is 0 Å². The summed E-state index contributed by atoms with van der Waals surface area (Å²) in [5.74, 6) is -0.306. The van der Waals surface area contributed by atoms with Gasteiger partial charge in [-0.1, -0.05) is 0 Å². The first-order chi connectivity index (χ1) is 4.74. The van der Waals surface area contributed by atoms with E-state index in [1.807, 2.05) is 0 Å². The molecule has 4 nitrogen and oxygen atoms in total. The summed E-state index contributed by atoms with van der Waals surface area (Å²) < 4.78 is 4.59. The molecule has 1 aromatic rings. The van der Waals surface area contributed by atoms with Crippen LogP contribution >= 0.6 is 0 Å². The molecule has 5 heteroatoms. The second-order valence-corrected chi connectivity index (χ2v) is 1.75. The molecular formula is C6H9GaO4. The first-order valence-corrected chi connectivity index (χ1v) is 2.65. The number of hydrogen-bond donors (Lipinski definition) is 2. The Hall–Kier alpha value is -0.654. The molecule has 60 valence electrons. The van der Waals surface area contributed by atoms with Crippen molar-refractivity contribution in [1.29, 1.82) is 0 Å². The predicted octanol–water partition coefficient (Wildman–Crippen LogP) is -1.35. The molecule has 0 unspecified atom stereocenters. The van der Waals surface area contributed by atoms with Crippen molar-refractivity contribution in [1.82, 2.24) is 0 Å². The number of hydrogen-bond acceptors (Lipinski definition) is 4. The van der Waals surface area contributed by atoms with Gasteiger partial charge in [-0.15, -0.1) is 0 Å². The Bertz CT molecular complexity index is 280. The second-order valence-electron chi connectivity index (χ2n) is 1.75. The van der Waals surface area contributed by atoms with Crippen LogP contribution in [0.3, 0.4) is 0 Å². The van der Waals surface area contributed by atoms with Gasteiger partial charge < -0.3 is 14.6 Å². The van der Waals surface area contributed by atoms with E-state index in [4.69, 9.17) is 10.2 Å². The molecule has 1 rings (SSSR count). The van der Waals surface area contributed by atoms with E-state index < -0.39 is 11.2 Å². The topological polar surface area (TPSA) is 70.7 Å². The molecule has 0 amide bonds. The first-order valence-electron chi connectivity index (χ1n) is 2.65. The average Bonchev–Trinajstić information content (AvgIpc) is 1.95. The summed E-state index contributed by atoms with van der Waals surface area (Å²) >= 11 is 0. The summed E-state index contributed by atoms with van der Waals surface area (Å²) in [6.07, 6.45) is 0.897. The second kappa shape index (κ2) is 4.27. The van der Waals surface area contributed by atoms with Crippen molar-refractivity contribution in [2.24, 2.45) is 0 Å². The summed E-state index contributed by atoms with van der Waals surface area (Å²) in [4.78, 5) is 10.6. The third kappa shape index (κ3) is 2.45. The molecule has 0 radical (unpaired) electrons. The quantitative estimate of drug-likeness (QED) is 0.568. The zero-order valence-electron chi connectivity index (χ0n) is 5.07. The van der Waals surface area contributed by atoms with E-state index in [0.29, 0.717) is 0 Å². The predicted molar refractivity (Wildman–Crippen MR) is 42.5 cm³/mol. The van der Waals surface area contributed by atoms with E-state index in [2.05, 4.69) is 4.42 Å². The summed E-state index contributed by atoms with van der Waals surface area (Å²) in [6, 6.07) is 1.04. The van der Waals surface area contributed by atoms with Crippen molar-refractivity contribution in [3.8, 4) is 5.75 Å². The molecule has 1 heterocycles. The fourth-order valence-corrected chi connectivity index (χ4v) is 0.527. The molecule has 2 N–H and O–H groups in total. The molecule has 0 bridgehead atoms. The third-order valence-electron chi connectivity index (χ3n) is 1.02. The van der Waals surface area contributed by atoms with Crippen molar-refractivity contribution in [3.05, 3.63) is 28.3 Å². The van der Waals surface area contributed by atoms with E-state index in [0.717, 1.165) is 12.3 Å². The number of aliphatic hydroxyl groups excluding tert-OH is 1. The minimum atomic E-state index is -0.546. The molecule has 0 aliphatic carbocycles. The Morgan fingerprint density at radius 3 is 2.64 bits per heavy atom. The van der Waals surface area contributed by atoms with Gasteiger partial charge in [0.05, 0.1) is 0 Å². The molecule has 0 spiro atoms. The zero-order chi connectivity index (χ0) is 7.56. The zero-order valence-corrected chi connectivity index (χ0v) is 5.07. The molecule has 0 saturated carbocycles. The number of aliphatic hydroxyl groups is 1. The molecule has 0 fully saturated rings. The van der Waals surface area contributed by atoms with E-state index in [-0.39, 0.29) is 32.2 Å². The molecule has 0 aromatic carbocycles. The Kier molecular flexibility index (Phi) is 4.02. The Morgan fingerprint density at radius 2 is 2.18 bits per heavy atom. The van der Waals surface area contributed by atoms with Crippen molar-refractivity contribution < 1.29 is 14.6 Å². The van der Waals surface area contributed by atoms with Gasteiger partial charge in [0.15, 0.2) is 5.75 Å². The summed E-state index contributed by atoms with van der Waals surface area (Å²) in [6.45, 7) is -0.338. The van der Waals surface area contributed by atoms with Crippen LogP contribution in [0.2, 0.25) is 0 Å². The van der Waals surface area contributed by atoms with Crippen LogP contribution in [0, 0.1) is 0 Å². The van der Waals surface area contributed by atoms with Crippen LogP contribution in [-0.4, -0.2) is 30.0 Å². The number of aromatic hydroxyl groups is 1. The van der Waals surface area contributed by atoms with E-state index in [1.165, 1.54) is 0 Å². The van der Waals surface area contributed by atoms with Gasteiger partial charge in [-0.2, -0.15) is 0 Å². The first kappa shape index (κ1) is 10.3. The molecule has 0 aliphatic heterocycles. The molecule has 0 aliphatic rings. The molecular weight excluding hydrogens is 206 g/mol. The Morgan fingerprint density at radius 1 is 1.55 bits per heavy atom. The van der Waals surface area contributed by atoms with Gasteiger partial charge in [-0.05, 0) is 0 Å². The summed E-state index contributed by atoms with van der Waals surface area (Å²) in [5, 5.41) is 17.1. The van der Waals surface area contributed by atoms with Gasteiger partial charge in [0, 0.05) is 6.07 Å². The molecule has 0 saturated heterocycles. The van der Waals surface area contributed by atoms with Gasteiger partial charge in [-0.25, -0.2) is 0 Å². The fraction of sp³-hybridized carbons (Fsp3) is 0.167. The SMILES string of the molecule is O=c1cc(CO)occ1O.[GaH3]. The molecule has 0 atom stereocenters. The molecule has 1 aromatic heterocycles. The van der Waals surface area contributed by atoms with Crippen LogP contribution in [0.25, 0.3) is 0 Å². The van der Waals surface area contributed by atoms with Crippen molar-refractivity contribution in [3.63, 3.8) is 0 Å². The third-order valence-corrected chi connectivity index (χ3v) is 1.02. The van der Waals surface area contributed by atoms with Crippen molar-refractivity contribution >= 4 is 19.8 Å². The van der Waals surface area contributed by atoms with Crippen LogP contribution in [0.5, 0.6) is 5.75 Å². The van der Waals surface area contributed by atoms with E-state index in [9.17, 15) is 4.79 Å². The Balaban J connectivity index is 0.000001000. The maximum atomic E-state index is 10.6. The monoisotopic (exact) mass is 214 g/mol. The van der Waals surface area contributed by atoms with Crippen LogP contribution in [0.4, 0.5) is 0 Å². The van der Waals surface area contributed by atoms with Crippen LogP contribution in [0.1, 0.15) is 5.76 Å². The molecule has 11 heavy (non-hydrogen) atoms. The van der Waals surface area contributed by atoms with E-state index >= 15 is 0 Å². The Labute approximate surface area is 75.5 Å². The fourth-order valence-electron chi connectivity index (χ4n) is 0.527. The van der Waals surface area contributed by atoms with Gasteiger partial charge in [0.25, 0.3) is 0 Å². The van der Waals surface area contributed by atoms with Crippen LogP contribution in [0.15, 0.2) is 21.5 Å². The van der Waals surface area contributed by atoms with Crippen molar-refractivity contribution in [2.75, 3.05) is 0 Å². The van der Waals surface area contributed by atoms with Gasteiger partial charge in [-0.3, -0.25) is 4.79 Å². The van der Waals surface area contributed by atoms with Crippen molar-refractivity contribution in [2.45, 2.75) is 6.61 Å². The normalized spacial score (nSPS) is 8.82. The number of rotatable bonds is 1. The maximum absolute atomic E-state index is 10.6. The van der Waals surface area contributed by atoms with Gasteiger partial charge in [0.1, 0.15) is 18.6 Å². The summed E-state index contributed by atoms with van der Waals surface area (Å²) in [5.41, 5.74) is -0.546. The van der Waals surface area contributed by atoms with Gasteiger partial charge >= 0.3 is 19.8 Å². The van der Waals surface area contributed by atoms with Crippen LogP contribution in [-0.2, 0) is 6.61 Å². The van der Waals surface area contributed by atoms with Gasteiger partial charge in [0.2, 0.25) is 5.43 Å². The minimum absolute atomic E-state index is 0. The van der Waals surface area contributed by atoms with Crippen LogP contribution < -0.4 is 5.43 Å².